The number of amides is 1. The Morgan fingerprint density at radius 1 is 1.06 bits per heavy atom. The van der Waals surface area contributed by atoms with Gasteiger partial charge in [0.05, 0.1) is 18.6 Å². The number of anilines is 1. The van der Waals surface area contributed by atoms with Gasteiger partial charge in [-0.05, 0) is 55.5 Å². The quantitative estimate of drug-likeness (QED) is 0.383. The van der Waals surface area contributed by atoms with Gasteiger partial charge >= 0.3 is 0 Å². The molecule has 2 aromatic heterocycles. The van der Waals surface area contributed by atoms with Crippen molar-refractivity contribution in [3.05, 3.63) is 59.8 Å². The number of hydrogen-bond acceptors (Lipinski definition) is 6. The van der Waals surface area contributed by atoms with E-state index in [2.05, 4.69) is 19.7 Å². The van der Waals surface area contributed by atoms with Crippen molar-refractivity contribution in [2.45, 2.75) is 69.2 Å². The summed E-state index contributed by atoms with van der Waals surface area (Å²) in [5.74, 6) is 1.78. The second kappa shape index (κ2) is 11.3. The number of benzene rings is 1. The topological polar surface area (TPSA) is 67.4 Å². The summed E-state index contributed by atoms with van der Waals surface area (Å²) in [5.41, 5.74) is 0.952. The normalized spacial score (nSPS) is 16.7. The number of carbonyl (C=O) groups is 1. The van der Waals surface area contributed by atoms with Gasteiger partial charge < -0.3 is 14.2 Å². The molecule has 0 spiro atoms. The van der Waals surface area contributed by atoms with E-state index < -0.39 is 0 Å². The number of furan rings is 1. The molecule has 7 nitrogen and oxygen atoms in total. The van der Waals surface area contributed by atoms with Crippen molar-refractivity contribution in [1.82, 2.24) is 19.7 Å². The molecule has 9 heteroatoms. The molecule has 0 N–H and O–H groups in total. The lowest BCUT2D eigenvalue weighted by Crippen LogP contribution is -2.42. The highest BCUT2D eigenvalue weighted by molar-refractivity contribution is 7.99. The van der Waals surface area contributed by atoms with E-state index in [4.69, 9.17) is 4.42 Å². The predicted octanol–water partition coefficient (Wildman–Crippen LogP) is 5.11. The summed E-state index contributed by atoms with van der Waals surface area (Å²) >= 11 is 1.43. The Hall–Kier alpha value is -2.81. The van der Waals surface area contributed by atoms with Gasteiger partial charge in [-0.25, -0.2) is 4.39 Å². The molecule has 3 aromatic rings. The molecule has 1 aliphatic carbocycles. The average molecular weight is 498 g/mol. The van der Waals surface area contributed by atoms with E-state index in [0.717, 1.165) is 74.0 Å². The lowest BCUT2D eigenvalue weighted by molar-refractivity contribution is -0.132. The SMILES string of the molecule is O=C(CSc1nnc(N2CCCC2)n1Cc1ccco1)N(Cc1ccc(F)cc1)C1CCCCC1. The number of carbonyl (C=O) groups excluding carboxylic acids is 1. The Kier molecular flexibility index (Phi) is 7.71. The standard InChI is InChI=1S/C26H32FN5O2S/c27-21-12-10-20(11-13-21)17-31(22-7-2-1-3-8-22)24(33)19-35-26-29-28-25(30-14-4-5-15-30)32(26)18-23-9-6-16-34-23/h6,9-13,16,22H,1-5,7-8,14-15,17-19H2. The largest absolute Gasteiger partial charge is 0.467 e. The summed E-state index contributed by atoms with van der Waals surface area (Å²) < 4.78 is 21.1. The minimum Gasteiger partial charge on any atom is -0.467 e. The van der Waals surface area contributed by atoms with Crippen LogP contribution in [0.15, 0.2) is 52.2 Å². The number of hydrogen-bond donors (Lipinski definition) is 0. The predicted molar refractivity (Wildman–Crippen MR) is 134 cm³/mol. The Balaban J connectivity index is 1.32. The van der Waals surface area contributed by atoms with Gasteiger partial charge in [-0.2, -0.15) is 0 Å². The smallest absolute Gasteiger partial charge is 0.233 e. The van der Waals surface area contributed by atoms with Crippen LogP contribution in [0.4, 0.5) is 10.3 Å². The fourth-order valence-electron chi connectivity index (χ4n) is 5.04. The highest BCUT2D eigenvalue weighted by Gasteiger charge is 2.27. The number of thioether (sulfide) groups is 1. The van der Waals surface area contributed by atoms with Crippen LogP contribution in [0.1, 0.15) is 56.3 Å². The zero-order valence-corrected chi connectivity index (χ0v) is 20.8. The van der Waals surface area contributed by atoms with Crippen molar-refractivity contribution in [1.29, 1.82) is 0 Å². The third kappa shape index (κ3) is 5.89. The summed E-state index contributed by atoms with van der Waals surface area (Å²) in [6.07, 6.45) is 9.50. The van der Waals surface area contributed by atoms with Crippen LogP contribution in [-0.4, -0.2) is 50.5 Å². The maximum absolute atomic E-state index is 13.5. The van der Waals surface area contributed by atoms with Crippen molar-refractivity contribution in [2.24, 2.45) is 0 Å². The third-order valence-electron chi connectivity index (χ3n) is 6.91. The monoisotopic (exact) mass is 497 g/mol. The summed E-state index contributed by atoms with van der Waals surface area (Å²) in [5, 5.41) is 9.67. The van der Waals surface area contributed by atoms with Gasteiger partial charge in [0.2, 0.25) is 11.9 Å². The second-order valence-corrected chi connectivity index (χ2v) is 10.3. The van der Waals surface area contributed by atoms with E-state index in [0.29, 0.717) is 13.1 Å². The minimum atomic E-state index is -0.260. The molecule has 35 heavy (non-hydrogen) atoms. The van der Waals surface area contributed by atoms with Crippen molar-refractivity contribution in [3.8, 4) is 0 Å². The number of rotatable bonds is 9. The molecule has 1 aromatic carbocycles. The van der Waals surface area contributed by atoms with Gasteiger partial charge in [-0.15, -0.1) is 10.2 Å². The number of halogens is 1. The molecular formula is C26H32FN5O2S. The van der Waals surface area contributed by atoms with E-state index in [1.807, 2.05) is 17.0 Å². The van der Waals surface area contributed by atoms with Crippen LogP contribution in [0, 0.1) is 5.82 Å². The van der Waals surface area contributed by atoms with Crippen LogP contribution in [0.2, 0.25) is 0 Å². The number of nitrogens with zero attached hydrogens (tertiary/aromatic N) is 5. The van der Waals surface area contributed by atoms with Gasteiger partial charge in [0.15, 0.2) is 5.16 Å². The highest BCUT2D eigenvalue weighted by Crippen LogP contribution is 2.28. The van der Waals surface area contributed by atoms with Crippen molar-refractivity contribution >= 4 is 23.6 Å². The summed E-state index contributed by atoms with van der Waals surface area (Å²) in [7, 11) is 0. The molecule has 186 valence electrons. The van der Waals surface area contributed by atoms with Crippen LogP contribution in [0.3, 0.4) is 0 Å². The molecule has 3 heterocycles. The van der Waals surface area contributed by atoms with Gasteiger partial charge in [0.25, 0.3) is 0 Å². The molecule has 1 amide bonds. The lowest BCUT2D eigenvalue weighted by Gasteiger charge is -2.34. The van der Waals surface area contributed by atoms with Gasteiger partial charge in [0.1, 0.15) is 11.6 Å². The van der Waals surface area contributed by atoms with Crippen molar-refractivity contribution < 1.29 is 13.6 Å². The van der Waals surface area contributed by atoms with Crippen LogP contribution in [0.25, 0.3) is 0 Å². The van der Waals surface area contributed by atoms with E-state index in [9.17, 15) is 9.18 Å². The zero-order valence-electron chi connectivity index (χ0n) is 19.9. The van der Waals surface area contributed by atoms with Crippen molar-refractivity contribution in [2.75, 3.05) is 23.7 Å². The van der Waals surface area contributed by atoms with E-state index >= 15 is 0 Å². The van der Waals surface area contributed by atoms with Gasteiger partial charge in [-0.3, -0.25) is 9.36 Å². The fourth-order valence-corrected chi connectivity index (χ4v) is 5.86. The summed E-state index contributed by atoms with van der Waals surface area (Å²) in [6, 6.07) is 10.5. The first-order valence-electron chi connectivity index (χ1n) is 12.5. The van der Waals surface area contributed by atoms with Crippen LogP contribution in [0.5, 0.6) is 0 Å². The van der Waals surface area contributed by atoms with E-state index in [-0.39, 0.29) is 23.5 Å². The first kappa shape index (κ1) is 23.9. The molecular weight excluding hydrogens is 465 g/mol. The highest BCUT2D eigenvalue weighted by atomic mass is 32.2. The Bertz CT molecular complexity index is 1090. The Morgan fingerprint density at radius 3 is 2.54 bits per heavy atom. The van der Waals surface area contributed by atoms with Crippen LogP contribution in [-0.2, 0) is 17.9 Å². The molecule has 1 saturated carbocycles. The second-order valence-electron chi connectivity index (χ2n) is 9.37. The molecule has 0 atom stereocenters. The Labute approximate surface area is 209 Å². The molecule has 0 bridgehead atoms. The third-order valence-corrected chi connectivity index (χ3v) is 7.86. The maximum Gasteiger partial charge on any atom is 0.233 e. The van der Waals surface area contributed by atoms with Crippen molar-refractivity contribution in [3.63, 3.8) is 0 Å². The molecule has 2 aliphatic rings. The average Bonchev–Trinajstić information content (AvgIpc) is 3.66. The van der Waals surface area contributed by atoms with Crippen LogP contribution < -0.4 is 4.90 Å². The molecule has 1 aliphatic heterocycles. The summed E-state index contributed by atoms with van der Waals surface area (Å²) in [4.78, 5) is 17.8. The zero-order chi connectivity index (χ0) is 24.0. The lowest BCUT2D eigenvalue weighted by atomic mass is 9.94. The summed E-state index contributed by atoms with van der Waals surface area (Å²) in [6.45, 7) is 2.97. The number of aromatic nitrogens is 3. The first-order valence-corrected chi connectivity index (χ1v) is 13.5. The molecule has 5 rings (SSSR count). The molecule has 1 saturated heterocycles. The van der Waals surface area contributed by atoms with Gasteiger partial charge in [0, 0.05) is 25.7 Å². The molecule has 2 fully saturated rings. The Morgan fingerprint density at radius 2 is 1.83 bits per heavy atom. The van der Waals surface area contributed by atoms with E-state index in [1.54, 1.807) is 18.4 Å². The molecule has 0 radical (unpaired) electrons. The van der Waals surface area contributed by atoms with E-state index in [1.165, 1.54) is 30.3 Å². The fraction of sp³-hybridized carbons (Fsp3) is 0.500. The van der Waals surface area contributed by atoms with Gasteiger partial charge in [-0.1, -0.05) is 43.2 Å². The van der Waals surface area contributed by atoms with Crippen LogP contribution >= 0.6 is 11.8 Å². The molecule has 0 unspecified atom stereocenters. The first-order chi connectivity index (χ1) is 17.2. The maximum atomic E-state index is 13.5. The minimum absolute atomic E-state index is 0.0847.